The van der Waals surface area contributed by atoms with E-state index < -0.39 is 188 Å². The Balaban J connectivity index is 1.28. The van der Waals surface area contributed by atoms with Crippen molar-refractivity contribution >= 4 is 111 Å². The Morgan fingerprint density at radius 2 is 1.53 bits per heavy atom. The lowest BCUT2D eigenvalue weighted by atomic mass is 9.88. The maximum absolute atomic E-state index is 15.5. The van der Waals surface area contributed by atoms with Gasteiger partial charge in [0.1, 0.15) is 35.7 Å². The summed E-state index contributed by atoms with van der Waals surface area (Å²) in [7, 11) is 1.42. The molecule has 31 nitrogen and oxygen atoms in total. The molecule has 2 bridgehead atoms. The number of ether oxygens (including phenoxy) is 1. The number of hydroxylamine groups is 2. The number of aliphatic hydroxyl groups excluding tert-OH is 3. The lowest BCUT2D eigenvalue weighted by Crippen LogP contribution is -2.62. The Morgan fingerprint density at radius 1 is 0.844 bits per heavy atom. The molecule has 90 heavy (non-hydrogen) atoms. The van der Waals surface area contributed by atoms with E-state index in [0.29, 0.717) is 59.6 Å². The third-order valence-electron chi connectivity index (χ3n) is 16.9. The van der Waals surface area contributed by atoms with Gasteiger partial charge < -0.3 is 87.2 Å². The number of aliphatic hydroxyl groups is 3. The molecule has 1 aromatic heterocycles. The standard InChI is InChI=1S/C57H80N12O19S2/c1-5-28(2)32-13-16-59-43(74)22-61-52(81)36-20-34-33-9-10-41(87-4)35(26-89-31-14-17-67(18-15-31)45(76)7-6-8-48(79)88-69-46(77)11-12-47(69)78)50(33)66-56(34)90(86)27-38(62-44(75)23-60-51(32)80)53(82)64-37(21-42(58)73)57(85)68-24-30(71)19-39(68)54(83)65-49(55(84)63-36)29(3)40(72)25-70/h9-10,28-32,36-40,49,66,70-72H,5-8,11-27H2,1-4H3,(H2,58,73)(H,59,74)(H,60,80)(H,61,81)(H,62,75)(H,63,84)(H,64,82)(H,65,83)/t28-,29-,30+,32-,36-,37-,38+,39?,40-,49-,90?/m0/s1. The minimum atomic E-state index is -2.48. The molecule has 3 saturated heterocycles. The van der Waals surface area contributed by atoms with Crippen LogP contribution < -0.4 is 47.7 Å². The first-order valence-corrected chi connectivity index (χ1v) is 32.3. The number of methoxy groups -OCH3 is 1. The number of amides is 12. The van der Waals surface area contributed by atoms with E-state index in [1.54, 1.807) is 24.0 Å². The van der Waals surface area contributed by atoms with Crippen molar-refractivity contribution in [2.45, 2.75) is 156 Å². The van der Waals surface area contributed by atoms with Gasteiger partial charge in [0.15, 0.2) is 6.04 Å². The molecule has 2 unspecified atom stereocenters. The van der Waals surface area contributed by atoms with Crippen LogP contribution in [0.15, 0.2) is 17.2 Å². The highest BCUT2D eigenvalue weighted by Crippen LogP contribution is 2.39. The fourth-order valence-corrected chi connectivity index (χ4v) is 14.1. The number of aromatic nitrogens is 1. The quantitative estimate of drug-likeness (QED) is 0.0563. The van der Waals surface area contributed by atoms with Crippen LogP contribution in [0.2, 0.25) is 0 Å². The van der Waals surface area contributed by atoms with Gasteiger partial charge in [-0.25, -0.2) is 4.79 Å². The number of rotatable bonds is 16. The van der Waals surface area contributed by atoms with Gasteiger partial charge in [-0.1, -0.05) is 27.2 Å². The van der Waals surface area contributed by atoms with Gasteiger partial charge in [-0.3, -0.25) is 57.5 Å². The summed E-state index contributed by atoms with van der Waals surface area (Å²) in [6.45, 7) is 2.74. The number of thioether (sulfide) groups is 1. The lowest BCUT2D eigenvalue weighted by Gasteiger charge is -2.32. The number of primary amides is 1. The third kappa shape index (κ3) is 17.7. The summed E-state index contributed by atoms with van der Waals surface area (Å²) in [6.07, 6.45) is -3.48. The van der Waals surface area contributed by atoms with E-state index >= 15 is 4.55 Å². The van der Waals surface area contributed by atoms with Crippen LogP contribution in [-0.2, 0) is 90.5 Å². The van der Waals surface area contributed by atoms with E-state index in [-0.39, 0.29) is 78.5 Å². The highest BCUT2D eigenvalue weighted by atomic mass is 32.2. The highest BCUT2D eigenvalue weighted by Gasteiger charge is 2.46. The molecule has 3 fully saturated rings. The van der Waals surface area contributed by atoms with Crippen LogP contribution in [0.25, 0.3) is 10.9 Å². The van der Waals surface area contributed by atoms with Crippen molar-refractivity contribution in [1.29, 1.82) is 0 Å². The smallest absolute Gasteiger partial charge is 0.333 e. The molecule has 5 aliphatic rings. The Labute approximate surface area is 525 Å². The highest BCUT2D eigenvalue weighted by molar-refractivity contribution is 7.99. The summed E-state index contributed by atoms with van der Waals surface area (Å²) in [4.78, 5) is 187. The predicted molar refractivity (Wildman–Crippen MR) is 318 cm³/mol. The van der Waals surface area contributed by atoms with Crippen molar-refractivity contribution in [2.24, 2.45) is 23.5 Å². The molecule has 0 radical (unpaired) electrons. The van der Waals surface area contributed by atoms with Crippen molar-refractivity contribution in [3.63, 3.8) is 0 Å². The molecule has 2 aromatic rings. The van der Waals surface area contributed by atoms with E-state index in [4.69, 9.17) is 15.3 Å². The minimum absolute atomic E-state index is 0.00677. The van der Waals surface area contributed by atoms with E-state index in [2.05, 4.69) is 42.2 Å². The number of fused-ring (bicyclic) bond motifs is 5. The molecule has 0 saturated carbocycles. The maximum Gasteiger partial charge on any atom is 0.333 e. The number of benzene rings is 1. The van der Waals surface area contributed by atoms with Crippen LogP contribution in [0.3, 0.4) is 0 Å². The zero-order valence-electron chi connectivity index (χ0n) is 50.5. The topological polar surface area (TPSA) is 460 Å². The molecule has 0 spiro atoms. The number of carbonyl (C=O) groups excluding carboxylic acids is 13. The molecule has 12 amide bonds. The fraction of sp³-hybridized carbons (Fsp3) is 0.632. The molecular formula is C57H80N12O19S2. The average molecular weight is 1300 g/mol. The number of piperidine rings is 1. The molecule has 11 atom stereocenters. The largest absolute Gasteiger partial charge is 0.610 e. The molecule has 13 N–H and O–H groups in total. The normalized spacial score (nSPS) is 26.1. The molecule has 5 aliphatic heterocycles. The SMILES string of the molecule is CC[C@H](C)[C@@H]1CCNC(=O)CNC(=O)[C@@H]2Cc3c([nH]c4c(CSC5CCN(C(=O)CCCC(=O)ON6C(=O)CCC6=O)CC5)c(OC)ccc34)[S+]([O-])C[C@@H](NC(=O)CNC1=O)C(=O)N[C@@H](CC(N)=O)C(=O)N1C[C@H](O)CC1C(=O)N[C@@H]([C@@H](C)[C@@H](O)CO)C(=O)N2. The number of nitrogens with zero attached hydrogens (tertiary/aromatic N) is 3. The van der Waals surface area contributed by atoms with Crippen LogP contribution in [0.1, 0.15) is 103 Å². The number of carbonyl (C=O) groups is 13. The first kappa shape index (κ1) is 69.9. The van der Waals surface area contributed by atoms with E-state index in [0.717, 1.165) is 4.90 Å². The Bertz CT molecular complexity index is 3050. The van der Waals surface area contributed by atoms with Crippen molar-refractivity contribution in [2.75, 3.05) is 58.7 Å². The second kappa shape index (κ2) is 31.9. The molecule has 494 valence electrons. The van der Waals surface area contributed by atoms with Gasteiger partial charge in [0.05, 0.1) is 51.0 Å². The third-order valence-corrected chi connectivity index (χ3v) is 19.7. The maximum atomic E-state index is 15.5. The van der Waals surface area contributed by atoms with Crippen LogP contribution in [0.5, 0.6) is 5.75 Å². The summed E-state index contributed by atoms with van der Waals surface area (Å²) in [5, 5.41) is 50.4. The summed E-state index contributed by atoms with van der Waals surface area (Å²) in [6, 6.07) is -5.72. The number of hydrogen-bond acceptors (Lipinski definition) is 20. The van der Waals surface area contributed by atoms with Crippen molar-refractivity contribution in [3.8, 4) is 5.75 Å². The number of likely N-dealkylation sites (tertiary alicyclic amines) is 1. The average Bonchev–Trinajstić information content (AvgIpc) is 1.64. The van der Waals surface area contributed by atoms with Gasteiger partial charge in [-0.05, 0) is 43.7 Å². The summed E-state index contributed by atoms with van der Waals surface area (Å²) in [5.41, 5.74) is 6.52. The van der Waals surface area contributed by atoms with Crippen LogP contribution in [-0.4, -0.2) is 223 Å². The molecule has 0 aliphatic carbocycles. The first-order valence-electron chi connectivity index (χ1n) is 30.0. The second-order valence-corrected chi connectivity index (χ2v) is 25.8. The van der Waals surface area contributed by atoms with Crippen molar-refractivity contribution in [1.82, 2.24) is 57.1 Å². The fourth-order valence-electron chi connectivity index (χ4n) is 11.5. The molecular weight excluding hydrogens is 1220 g/mol. The molecule has 1 aromatic carbocycles. The Morgan fingerprint density at radius 3 is 2.20 bits per heavy atom. The van der Waals surface area contributed by atoms with Crippen LogP contribution in [0.4, 0.5) is 0 Å². The first-order chi connectivity index (χ1) is 42.8. The zero-order chi connectivity index (χ0) is 65.7. The second-order valence-electron chi connectivity index (χ2n) is 23.1. The number of hydrogen-bond donors (Lipinski definition) is 12. The van der Waals surface area contributed by atoms with Gasteiger partial charge in [0, 0.05) is 115 Å². The predicted octanol–water partition coefficient (Wildman–Crippen LogP) is -3.98. The monoisotopic (exact) mass is 1300 g/mol. The number of aromatic amines is 1. The van der Waals surface area contributed by atoms with Gasteiger partial charge in [0.25, 0.3) is 11.8 Å². The minimum Gasteiger partial charge on any atom is -0.610 e. The van der Waals surface area contributed by atoms with Crippen molar-refractivity contribution < 1.29 is 91.8 Å². The number of nitrogens with two attached hydrogens (primary N) is 1. The van der Waals surface area contributed by atoms with Crippen LogP contribution in [0, 0.1) is 17.8 Å². The Kier molecular flexibility index (Phi) is 24.8. The van der Waals surface area contributed by atoms with Crippen molar-refractivity contribution in [3.05, 3.63) is 23.3 Å². The Hall–Kier alpha value is -7.59. The van der Waals surface area contributed by atoms with E-state index in [9.17, 15) is 77.6 Å². The molecule has 7 rings (SSSR count). The van der Waals surface area contributed by atoms with E-state index in [1.165, 1.54) is 25.8 Å². The van der Waals surface area contributed by atoms with E-state index in [1.807, 2.05) is 6.92 Å². The van der Waals surface area contributed by atoms with Gasteiger partial charge in [-0.15, -0.1) is 5.06 Å². The summed E-state index contributed by atoms with van der Waals surface area (Å²) < 4.78 is 21.3. The molecule has 6 heterocycles. The zero-order valence-corrected chi connectivity index (χ0v) is 52.1. The number of nitrogens with one attached hydrogen (secondary N) is 8. The summed E-state index contributed by atoms with van der Waals surface area (Å²) >= 11 is -0.973. The summed E-state index contributed by atoms with van der Waals surface area (Å²) in [5.74, 6) is -13.8. The van der Waals surface area contributed by atoms with Gasteiger partial charge in [-0.2, -0.15) is 11.8 Å². The van der Waals surface area contributed by atoms with Gasteiger partial charge in [0.2, 0.25) is 64.1 Å². The lowest BCUT2D eigenvalue weighted by molar-refractivity contribution is -0.197. The number of H-pyrrole nitrogens is 1. The molecule has 33 heteroatoms. The number of imide groups is 1. The van der Waals surface area contributed by atoms with Gasteiger partial charge >= 0.3 is 5.97 Å². The van der Waals surface area contributed by atoms with Crippen LogP contribution >= 0.6 is 11.8 Å².